The maximum atomic E-state index is 12.7. The Hall–Kier alpha value is -3.11. The monoisotopic (exact) mass is 396 g/mol. The summed E-state index contributed by atoms with van der Waals surface area (Å²) in [6.45, 7) is 3.59. The molecule has 0 unspecified atom stereocenters. The first-order valence-electron chi connectivity index (χ1n) is 10.7. The Balaban J connectivity index is 1.34. The lowest BCUT2D eigenvalue weighted by atomic mass is 9.80. The summed E-state index contributed by atoms with van der Waals surface area (Å²) in [6.07, 6.45) is 1.15. The molecule has 2 bridgehead atoms. The van der Waals surface area contributed by atoms with E-state index >= 15 is 0 Å². The van der Waals surface area contributed by atoms with Crippen LogP contribution in [0.25, 0.3) is 22.1 Å². The Morgan fingerprint density at radius 3 is 2.60 bits per heavy atom. The maximum Gasteiger partial charge on any atom is 0.250 e. The molecule has 4 aromatic rings. The number of nitrogens with zero attached hydrogens (tertiary/aromatic N) is 2. The molecule has 4 heterocycles. The van der Waals surface area contributed by atoms with Gasteiger partial charge in [-0.15, -0.1) is 0 Å². The summed E-state index contributed by atoms with van der Waals surface area (Å²) in [4.78, 5) is 15.2. The molecule has 1 fully saturated rings. The number of pyridine rings is 1. The van der Waals surface area contributed by atoms with Crippen molar-refractivity contribution >= 4 is 11.0 Å². The highest BCUT2D eigenvalue weighted by molar-refractivity contribution is 5.77. The van der Waals surface area contributed by atoms with Gasteiger partial charge in [-0.3, -0.25) is 9.69 Å². The van der Waals surface area contributed by atoms with Crippen LogP contribution in [0.2, 0.25) is 0 Å². The number of likely N-dealkylation sites (tertiary alicyclic amines) is 1. The first kappa shape index (κ1) is 17.7. The quantitative estimate of drug-likeness (QED) is 0.495. The lowest BCUT2D eigenvalue weighted by Gasteiger charge is -2.43. The maximum absolute atomic E-state index is 12.7. The van der Waals surface area contributed by atoms with Crippen molar-refractivity contribution in [2.24, 2.45) is 5.92 Å². The normalized spacial score (nSPS) is 20.9. The van der Waals surface area contributed by atoms with Crippen molar-refractivity contribution in [2.75, 3.05) is 13.1 Å². The third-order valence-corrected chi connectivity index (χ3v) is 6.61. The van der Waals surface area contributed by atoms with Crippen LogP contribution in [-0.2, 0) is 13.1 Å². The zero-order chi connectivity index (χ0) is 20.1. The summed E-state index contributed by atoms with van der Waals surface area (Å²) in [5.41, 5.74) is 4.68. The molecule has 0 saturated carbocycles. The summed E-state index contributed by atoms with van der Waals surface area (Å²) in [7, 11) is 0. The van der Waals surface area contributed by atoms with Gasteiger partial charge in [-0.1, -0.05) is 48.5 Å². The van der Waals surface area contributed by atoms with Gasteiger partial charge in [0.05, 0.1) is 6.54 Å². The van der Waals surface area contributed by atoms with Gasteiger partial charge < -0.3 is 8.98 Å². The van der Waals surface area contributed by atoms with Crippen LogP contribution >= 0.6 is 0 Å². The molecular formula is C26H24N2O2. The minimum Gasteiger partial charge on any atom is -0.460 e. The SMILES string of the molecule is O=c1ccc(-c2ccccc2)c2n1C[C@H]1C[C@@H]2CN(Cc2cc3ccccc3o2)C1. The van der Waals surface area contributed by atoms with Gasteiger partial charge in [-0.05, 0) is 36.1 Å². The molecule has 2 aromatic heterocycles. The summed E-state index contributed by atoms with van der Waals surface area (Å²) in [5, 5.41) is 1.16. The van der Waals surface area contributed by atoms with Crippen molar-refractivity contribution in [3.63, 3.8) is 0 Å². The Kier molecular flexibility index (Phi) is 4.13. The number of piperidine rings is 1. The molecule has 150 valence electrons. The number of para-hydroxylation sites is 1. The van der Waals surface area contributed by atoms with Crippen molar-refractivity contribution in [1.29, 1.82) is 0 Å². The molecule has 0 spiro atoms. The first-order valence-corrected chi connectivity index (χ1v) is 10.7. The number of aromatic nitrogens is 1. The predicted octanol–water partition coefficient (Wildman–Crippen LogP) is 4.88. The molecule has 0 N–H and O–H groups in total. The van der Waals surface area contributed by atoms with E-state index < -0.39 is 0 Å². The fourth-order valence-corrected chi connectivity index (χ4v) is 5.44. The summed E-state index contributed by atoms with van der Waals surface area (Å²) >= 11 is 0. The van der Waals surface area contributed by atoms with E-state index in [4.69, 9.17) is 4.42 Å². The van der Waals surface area contributed by atoms with Crippen molar-refractivity contribution in [2.45, 2.75) is 25.4 Å². The second-order valence-corrected chi connectivity index (χ2v) is 8.69. The molecule has 4 heteroatoms. The van der Waals surface area contributed by atoms with E-state index in [1.165, 1.54) is 16.8 Å². The Labute approximate surface area is 175 Å². The zero-order valence-corrected chi connectivity index (χ0v) is 16.8. The second kappa shape index (κ2) is 6.99. The van der Waals surface area contributed by atoms with Gasteiger partial charge in [-0.25, -0.2) is 0 Å². The van der Waals surface area contributed by atoms with E-state index in [1.807, 2.05) is 34.9 Å². The third kappa shape index (κ3) is 2.99. The topological polar surface area (TPSA) is 38.4 Å². The van der Waals surface area contributed by atoms with Crippen LogP contribution in [-0.4, -0.2) is 22.6 Å². The molecule has 0 aliphatic carbocycles. The van der Waals surface area contributed by atoms with Gasteiger partial charge in [0.2, 0.25) is 0 Å². The fourth-order valence-electron chi connectivity index (χ4n) is 5.44. The fraction of sp³-hybridized carbons (Fsp3) is 0.269. The Bertz CT molecular complexity index is 1240. The standard InChI is InChI=1S/C26H24N2O2/c29-25-11-10-23(19-6-2-1-3-7-19)26-21-12-18(15-28(25)26)14-27(16-21)17-22-13-20-8-4-5-9-24(20)30-22/h1-11,13,18,21H,12,14-17H2/t18-,21+/m0/s1. The Morgan fingerprint density at radius 1 is 0.900 bits per heavy atom. The minimum atomic E-state index is 0.130. The van der Waals surface area contributed by atoms with E-state index in [9.17, 15) is 4.79 Å². The molecule has 2 aliphatic heterocycles. The summed E-state index contributed by atoms with van der Waals surface area (Å²) in [6, 6.07) is 24.6. The molecular weight excluding hydrogens is 372 g/mol. The van der Waals surface area contributed by atoms with Crippen LogP contribution in [0.5, 0.6) is 0 Å². The van der Waals surface area contributed by atoms with E-state index in [0.717, 1.165) is 49.3 Å². The average Bonchev–Trinajstić information content (AvgIpc) is 3.17. The van der Waals surface area contributed by atoms with Crippen molar-refractivity contribution in [3.8, 4) is 11.1 Å². The lowest BCUT2D eigenvalue weighted by Crippen LogP contribution is -2.46. The molecule has 0 amide bonds. The van der Waals surface area contributed by atoms with Gasteiger partial charge in [0.1, 0.15) is 11.3 Å². The van der Waals surface area contributed by atoms with E-state index in [1.54, 1.807) is 6.07 Å². The van der Waals surface area contributed by atoms with E-state index in [2.05, 4.69) is 41.3 Å². The first-order chi connectivity index (χ1) is 14.7. The van der Waals surface area contributed by atoms with Gasteiger partial charge in [0.25, 0.3) is 5.56 Å². The predicted molar refractivity (Wildman–Crippen MR) is 118 cm³/mol. The van der Waals surface area contributed by atoms with E-state index in [0.29, 0.717) is 11.8 Å². The number of hydrogen-bond donors (Lipinski definition) is 0. The molecule has 2 aromatic carbocycles. The van der Waals surface area contributed by atoms with Gasteiger partial charge in [0, 0.05) is 48.3 Å². The highest BCUT2D eigenvalue weighted by Crippen LogP contribution is 2.40. The van der Waals surface area contributed by atoms with Crippen LogP contribution < -0.4 is 5.56 Å². The molecule has 2 aliphatic rings. The number of fused-ring (bicyclic) bond motifs is 5. The molecule has 6 rings (SSSR count). The van der Waals surface area contributed by atoms with Crippen molar-refractivity contribution < 1.29 is 4.42 Å². The van der Waals surface area contributed by atoms with Crippen LogP contribution in [0.3, 0.4) is 0 Å². The smallest absolute Gasteiger partial charge is 0.250 e. The average molecular weight is 396 g/mol. The third-order valence-electron chi connectivity index (χ3n) is 6.61. The van der Waals surface area contributed by atoms with Crippen LogP contribution in [0.4, 0.5) is 0 Å². The zero-order valence-electron chi connectivity index (χ0n) is 16.8. The number of furan rings is 1. The number of rotatable bonds is 3. The van der Waals surface area contributed by atoms with Gasteiger partial charge >= 0.3 is 0 Å². The number of benzene rings is 2. The van der Waals surface area contributed by atoms with Crippen LogP contribution in [0, 0.1) is 5.92 Å². The van der Waals surface area contributed by atoms with Crippen molar-refractivity contribution in [1.82, 2.24) is 9.47 Å². The van der Waals surface area contributed by atoms with Crippen molar-refractivity contribution in [3.05, 3.63) is 94.6 Å². The largest absolute Gasteiger partial charge is 0.460 e. The van der Waals surface area contributed by atoms with Crippen LogP contribution in [0.15, 0.2) is 82.0 Å². The minimum absolute atomic E-state index is 0.130. The lowest BCUT2D eigenvalue weighted by molar-refractivity contribution is 0.109. The molecule has 2 atom stereocenters. The molecule has 4 nitrogen and oxygen atoms in total. The second-order valence-electron chi connectivity index (χ2n) is 8.69. The molecule has 0 radical (unpaired) electrons. The highest BCUT2D eigenvalue weighted by atomic mass is 16.3. The van der Waals surface area contributed by atoms with Gasteiger partial charge in [0.15, 0.2) is 0 Å². The van der Waals surface area contributed by atoms with E-state index in [-0.39, 0.29) is 5.56 Å². The molecule has 30 heavy (non-hydrogen) atoms. The highest BCUT2D eigenvalue weighted by Gasteiger charge is 2.36. The molecule has 1 saturated heterocycles. The summed E-state index contributed by atoms with van der Waals surface area (Å²) < 4.78 is 8.12. The van der Waals surface area contributed by atoms with Gasteiger partial charge in [-0.2, -0.15) is 0 Å². The summed E-state index contributed by atoms with van der Waals surface area (Å²) in [5.74, 6) is 1.89. The van der Waals surface area contributed by atoms with Crippen LogP contribution in [0.1, 0.15) is 23.8 Å². The Morgan fingerprint density at radius 2 is 1.73 bits per heavy atom. The number of hydrogen-bond acceptors (Lipinski definition) is 3.